The standard InChI is InChI=1S/C18H19FN2O3/c19-14-9-5-4-8-13(14)15-10-11-16(24-15)18(23)21-20-17(22)12-6-2-1-3-7-12/h4-5,8-12H,1-3,6-7H2,(H,20,22)(H,21,23). The smallest absolute Gasteiger partial charge is 0.305 e. The van der Waals surface area contributed by atoms with Gasteiger partial charge in [-0.2, -0.15) is 0 Å². The van der Waals surface area contributed by atoms with Crippen LogP contribution in [-0.4, -0.2) is 11.8 Å². The van der Waals surface area contributed by atoms with Gasteiger partial charge in [0.2, 0.25) is 5.91 Å². The molecule has 0 saturated heterocycles. The minimum absolute atomic E-state index is 0.0113. The summed E-state index contributed by atoms with van der Waals surface area (Å²) in [6, 6.07) is 9.13. The maximum Gasteiger partial charge on any atom is 0.305 e. The molecule has 24 heavy (non-hydrogen) atoms. The Morgan fingerprint density at radius 1 is 1.00 bits per heavy atom. The molecule has 126 valence electrons. The fourth-order valence-corrected chi connectivity index (χ4v) is 2.91. The average molecular weight is 330 g/mol. The lowest BCUT2D eigenvalue weighted by Gasteiger charge is -2.20. The molecule has 1 aromatic carbocycles. The van der Waals surface area contributed by atoms with Crippen molar-refractivity contribution in [2.75, 3.05) is 0 Å². The number of rotatable bonds is 3. The molecule has 5 nitrogen and oxygen atoms in total. The van der Waals surface area contributed by atoms with Crippen LogP contribution in [0.2, 0.25) is 0 Å². The van der Waals surface area contributed by atoms with Gasteiger partial charge in [-0.1, -0.05) is 31.4 Å². The molecule has 2 aromatic rings. The van der Waals surface area contributed by atoms with E-state index in [1.165, 1.54) is 18.2 Å². The summed E-state index contributed by atoms with van der Waals surface area (Å²) in [6.07, 6.45) is 4.92. The molecule has 0 spiro atoms. The molecule has 1 aliphatic rings. The van der Waals surface area contributed by atoms with E-state index in [1.54, 1.807) is 18.2 Å². The van der Waals surface area contributed by atoms with Crippen molar-refractivity contribution >= 4 is 11.8 Å². The number of furan rings is 1. The predicted molar refractivity (Wildman–Crippen MR) is 86.3 cm³/mol. The molecule has 6 heteroatoms. The van der Waals surface area contributed by atoms with Gasteiger partial charge in [0.05, 0.1) is 5.56 Å². The van der Waals surface area contributed by atoms with Gasteiger partial charge in [0.15, 0.2) is 5.76 Å². The van der Waals surface area contributed by atoms with Crippen molar-refractivity contribution < 1.29 is 18.4 Å². The summed E-state index contributed by atoms with van der Waals surface area (Å²) in [4.78, 5) is 24.0. The van der Waals surface area contributed by atoms with Crippen LogP contribution in [0.5, 0.6) is 0 Å². The zero-order chi connectivity index (χ0) is 16.9. The van der Waals surface area contributed by atoms with E-state index in [1.807, 2.05) is 0 Å². The maximum absolute atomic E-state index is 13.7. The quantitative estimate of drug-likeness (QED) is 0.847. The Hall–Kier alpha value is -2.63. The molecule has 0 atom stereocenters. The molecule has 0 radical (unpaired) electrons. The molecular weight excluding hydrogens is 311 g/mol. The van der Waals surface area contributed by atoms with E-state index in [-0.39, 0.29) is 28.9 Å². The lowest BCUT2D eigenvalue weighted by Crippen LogP contribution is -2.44. The van der Waals surface area contributed by atoms with E-state index in [4.69, 9.17) is 4.42 Å². The van der Waals surface area contributed by atoms with Gasteiger partial charge in [-0.15, -0.1) is 0 Å². The highest BCUT2D eigenvalue weighted by Crippen LogP contribution is 2.25. The Kier molecular flexibility index (Phi) is 4.93. The Bertz CT molecular complexity index is 735. The van der Waals surface area contributed by atoms with Crippen LogP contribution in [0.1, 0.15) is 42.7 Å². The highest BCUT2D eigenvalue weighted by atomic mass is 19.1. The van der Waals surface area contributed by atoms with Gasteiger partial charge in [-0.3, -0.25) is 20.4 Å². The summed E-state index contributed by atoms with van der Waals surface area (Å²) >= 11 is 0. The second-order valence-electron chi connectivity index (χ2n) is 5.92. The average Bonchev–Trinajstić information content (AvgIpc) is 3.10. The predicted octanol–water partition coefficient (Wildman–Crippen LogP) is 3.43. The number of carbonyl (C=O) groups is 2. The van der Waals surface area contributed by atoms with Crippen LogP contribution in [0, 0.1) is 11.7 Å². The highest BCUT2D eigenvalue weighted by Gasteiger charge is 2.22. The Morgan fingerprint density at radius 2 is 1.75 bits per heavy atom. The van der Waals surface area contributed by atoms with Gasteiger partial charge in [-0.05, 0) is 37.1 Å². The van der Waals surface area contributed by atoms with Crippen LogP contribution in [0.15, 0.2) is 40.8 Å². The first-order valence-corrected chi connectivity index (χ1v) is 8.10. The highest BCUT2D eigenvalue weighted by molar-refractivity contribution is 5.93. The molecule has 3 rings (SSSR count). The van der Waals surface area contributed by atoms with Crippen molar-refractivity contribution in [3.05, 3.63) is 48.0 Å². The largest absolute Gasteiger partial charge is 0.451 e. The normalized spacial score (nSPS) is 15.0. The van der Waals surface area contributed by atoms with Crippen LogP contribution < -0.4 is 10.9 Å². The molecule has 0 aliphatic heterocycles. The molecule has 1 aliphatic carbocycles. The van der Waals surface area contributed by atoms with Gasteiger partial charge < -0.3 is 4.42 Å². The van der Waals surface area contributed by atoms with Crippen LogP contribution in [-0.2, 0) is 4.79 Å². The third-order valence-corrected chi connectivity index (χ3v) is 4.24. The second kappa shape index (κ2) is 7.29. The molecule has 1 heterocycles. The summed E-state index contributed by atoms with van der Waals surface area (Å²) in [5.41, 5.74) is 5.07. The van der Waals surface area contributed by atoms with Gasteiger partial charge in [-0.25, -0.2) is 4.39 Å². The maximum atomic E-state index is 13.7. The molecule has 2 amide bonds. The lowest BCUT2D eigenvalue weighted by atomic mass is 9.89. The third kappa shape index (κ3) is 3.64. The first kappa shape index (κ1) is 16.2. The van der Waals surface area contributed by atoms with E-state index in [0.717, 1.165) is 32.1 Å². The van der Waals surface area contributed by atoms with E-state index < -0.39 is 11.7 Å². The molecule has 2 N–H and O–H groups in total. The van der Waals surface area contributed by atoms with Crippen LogP contribution in [0.25, 0.3) is 11.3 Å². The molecule has 0 unspecified atom stereocenters. The summed E-state index contributed by atoms with van der Waals surface area (Å²) in [5.74, 6) is -0.950. The van der Waals surface area contributed by atoms with E-state index in [9.17, 15) is 14.0 Å². The Balaban J connectivity index is 1.60. The first-order chi connectivity index (χ1) is 11.6. The van der Waals surface area contributed by atoms with Gasteiger partial charge >= 0.3 is 5.91 Å². The van der Waals surface area contributed by atoms with Crippen molar-refractivity contribution in [1.29, 1.82) is 0 Å². The Morgan fingerprint density at radius 3 is 2.50 bits per heavy atom. The number of hydrazine groups is 1. The summed E-state index contributed by atoms with van der Waals surface area (Å²) in [7, 11) is 0. The van der Waals surface area contributed by atoms with Crippen LogP contribution in [0.3, 0.4) is 0 Å². The van der Waals surface area contributed by atoms with Crippen molar-refractivity contribution in [3.8, 4) is 11.3 Å². The third-order valence-electron chi connectivity index (χ3n) is 4.24. The first-order valence-electron chi connectivity index (χ1n) is 8.10. The molecule has 0 bridgehead atoms. The number of benzene rings is 1. The second-order valence-corrected chi connectivity index (χ2v) is 5.92. The topological polar surface area (TPSA) is 71.3 Å². The minimum Gasteiger partial charge on any atom is -0.451 e. The number of amides is 2. The van der Waals surface area contributed by atoms with Crippen molar-refractivity contribution in [1.82, 2.24) is 10.9 Å². The molecular formula is C18H19FN2O3. The van der Waals surface area contributed by atoms with Crippen molar-refractivity contribution in [2.45, 2.75) is 32.1 Å². The van der Waals surface area contributed by atoms with Gasteiger partial charge in [0, 0.05) is 5.92 Å². The zero-order valence-electron chi connectivity index (χ0n) is 13.2. The van der Waals surface area contributed by atoms with Gasteiger partial charge in [0.25, 0.3) is 0 Å². The molecule has 1 saturated carbocycles. The number of nitrogens with one attached hydrogen (secondary N) is 2. The molecule has 1 fully saturated rings. The fraction of sp³-hybridized carbons (Fsp3) is 0.333. The van der Waals surface area contributed by atoms with E-state index >= 15 is 0 Å². The van der Waals surface area contributed by atoms with Crippen LogP contribution >= 0.6 is 0 Å². The summed E-state index contributed by atoms with van der Waals surface area (Å²) in [6.45, 7) is 0. The number of hydrogen-bond donors (Lipinski definition) is 2. The van der Waals surface area contributed by atoms with Crippen molar-refractivity contribution in [3.63, 3.8) is 0 Å². The van der Waals surface area contributed by atoms with Crippen molar-refractivity contribution in [2.24, 2.45) is 5.92 Å². The monoisotopic (exact) mass is 330 g/mol. The van der Waals surface area contributed by atoms with Gasteiger partial charge in [0.1, 0.15) is 11.6 Å². The number of halogens is 1. The summed E-state index contributed by atoms with van der Waals surface area (Å²) in [5, 5.41) is 0. The zero-order valence-corrected chi connectivity index (χ0v) is 13.2. The molecule has 1 aromatic heterocycles. The number of carbonyl (C=O) groups excluding carboxylic acids is 2. The Labute approximate surface area is 139 Å². The SMILES string of the molecule is O=C(NNC(=O)C1CCCCC1)c1ccc(-c2ccccc2F)o1. The van der Waals surface area contributed by atoms with Crippen LogP contribution in [0.4, 0.5) is 4.39 Å². The lowest BCUT2D eigenvalue weighted by molar-refractivity contribution is -0.126. The van der Waals surface area contributed by atoms with E-state index in [0.29, 0.717) is 0 Å². The van der Waals surface area contributed by atoms with E-state index in [2.05, 4.69) is 10.9 Å². The number of hydrogen-bond acceptors (Lipinski definition) is 3. The summed E-state index contributed by atoms with van der Waals surface area (Å²) < 4.78 is 19.1. The minimum atomic E-state index is -0.568. The fourth-order valence-electron chi connectivity index (χ4n) is 2.91.